The fraction of sp³-hybridized carbons (Fsp3) is 0.136. The summed E-state index contributed by atoms with van der Waals surface area (Å²) in [4.78, 5) is 0. The molecule has 4 nitrogen and oxygen atoms in total. The Labute approximate surface area is 183 Å². The van der Waals surface area contributed by atoms with E-state index in [-0.39, 0.29) is 0 Å². The van der Waals surface area contributed by atoms with Crippen molar-refractivity contribution >= 4 is 40.4 Å². The van der Waals surface area contributed by atoms with E-state index < -0.39 is 0 Å². The average Bonchev–Trinajstić information content (AvgIpc) is 2.72. The van der Waals surface area contributed by atoms with E-state index in [9.17, 15) is 0 Å². The maximum absolute atomic E-state index is 6.14. The Bertz CT molecular complexity index is 946. The molecule has 0 saturated heterocycles. The van der Waals surface area contributed by atoms with Crippen LogP contribution in [0.25, 0.3) is 0 Å². The molecule has 0 heterocycles. The Hall–Kier alpha value is -2.25. The van der Waals surface area contributed by atoms with Crippen LogP contribution < -0.4 is 14.9 Å². The maximum atomic E-state index is 6.14. The van der Waals surface area contributed by atoms with Gasteiger partial charge in [0.25, 0.3) is 0 Å². The molecule has 6 heteroatoms. The van der Waals surface area contributed by atoms with Crippen molar-refractivity contribution in [3.63, 3.8) is 0 Å². The van der Waals surface area contributed by atoms with Crippen molar-refractivity contribution in [2.75, 3.05) is 7.11 Å². The third kappa shape index (κ3) is 5.87. The van der Waals surface area contributed by atoms with Crippen molar-refractivity contribution < 1.29 is 9.47 Å². The smallest absolute Gasteiger partial charge is 0.161 e. The normalized spacial score (nSPS) is 10.8. The number of ether oxygens (including phenoxy) is 2. The van der Waals surface area contributed by atoms with Crippen LogP contribution in [-0.4, -0.2) is 13.3 Å². The molecular formula is C22H20ClIN2O2. The summed E-state index contributed by atoms with van der Waals surface area (Å²) in [6, 6.07) is 21.6. The van der Waals surface area contributed by atoms with Crippen molar-refractivity contribution in [1.82, 2.24) is 5.43 Å². The molecule has 0 radical (unpaired) electrons. The number of hydrazone groups is 1. The zero-order valence-corrected chi connectivity index (χ0v) is 18.3. The van der Waals surface area contributed by atoms with Gasteiger partial charge in [0.2, 0.25) is 0 Å². The lowest BCUT2D eigenvalue weighted by atomic mass is 10.2. The molecule has 0 bridgehead atoms. The topological polar surface area (TPSA) is 42.8 Å². The van der Waals surface area contributed by atoms with Gasteiger partial charge in [-0.25, -0.2) is 0 Å². The quantitative estimate of drug-likeness (QED) is 0.244. The SMILES string of the molecule is COc1cc(/C=N\NCc2ccccc2Cl)ccc1OCc1ccc(I)cc1. The van der Waals surface area contributed by atoms with Gasteiger partial charge >= 0.3 is 0 Å². The zero-order chi connectivity index (χ0) is 19.8. The molecule has 3 aromatic carbocycles. The van der Waals surface area contributed by atoms with Gasteiger partial charge in [-0.05, 0) is 75.7 Å². The van der Waals surface area contributed by atoms with E-state index in [4.69, 9.17) is 21.1 Å². The minimum absolute atomic E-state index is 0.486. The number of nitrogens with zero attached hydrogens (tertiary/aromatic N) is 1. The van der Waals surface area contributed by atoms with Crippen LogP contribution >= 0.6 is 34.2 Å². The number of methoxy groups -OCH3 is 1. The van der Waals surface area contributed by atoms with Crippen LogP contribution in [-0.2, 0) is 13.2 Å². The molecular weight excluding hydrogens is 487 g/mol. The number of hydrogen-bond acceptors (Lipinski definition) is 4. The predicted molar refractivity (Wildman–Crippen MR) is 122 cm³/mol. The minimum atomic E-state index is 0.486. The highest BCUT2D eigenvalue weighted by atomic mass is 127. The van der Waals surface area contributed by atoms with Crippen LogP contribution in [0.15, 0.2) is 71.8 Å². The minimum Gasteiger partial charge on any atom is -0.493 e. The van der Waals surface area contributed by atoms with E-state index in [1.807, 2.05) is 42.5 Å². The van der Waals surface area contributed by atoms with E-state index >= 15 is 0 Å². The van der Waals surface area contributed by atoms with Crippen LogP contribution in [0, 0.1) is 3.57 Å². The first kappa shape index (κ1) is 20.5. The number of hydrogen-bond donors (Lipinski definition) is 1. The first-order valence-electron chi connectivity index (χ1n) is 8.70. The maximum Gasteiger partial charge on any atom is 0.161 e. The van der Waals surface area contributed by atoms with Crippen molar-refractivity contribution in [2.45, 2.75) is 13.2 Å². The van der Waals surface area contributed by atoms with Gasteiger partial charge in [-0.15, -0.1) is 0 Å². The highest BCUT2D eigenvalue weighted by molar-refractivity contribution is 14.1. The Morgan fingerprint density at radius 2 is 1.82 bits per heavy atom. The number of halogens is 2. The van der Waals surface area contributed by atoms with Crippen molar-refractivity contribution in [3.8, 4) is 11.5 Å². The Morgan fingerprint density at radius 3 is 2.57 bits per heavy atom. The Balaban J connectivity index is 1.59. The molecule has 0 spiro atoms. The van der Waals surface area contributed by atoms with Gasteiger partial charge in [-0.2, -0.15) is 5.10 Å². The lowest BCUT2D eigenvalue weighted by Crippen LogP contribution is -2.06. The molecule has 3 aromatic rings. The monoisotopic (exact) mass is 506 g/mol. The molecule has 0 aliphatic heterocycles. The number of rotatable bonds is 8. The molecule has 0 saturated carbocycles. The zero-order valence-electron chi connectivity index (χ0n) is 15.4. The van der Waals surface area contributed by atoms with E-state index in [2.05, 4.69) is 57.4 Å². The summed E-state index contributed by atoms with van der Waals surface area (Å²) in [5.74, 6) is 1.36. The first-order chi connectivity index (χ1) is 13.7. The summed E-state index contributed by atoms with van der Waals surface area (Å²) >= 11 is 8.42. The molecule has 0 aromatic heterocycles. The molecule has 0 atom stereocenters. The number of nitrogens with one attached hydrogen (secondary N) is 1. The van der Waals surface area contributed by atoms with E-state index in [0.29, 0.717) is 24.7 Å². The van der Waals surface area contributed by atoms with Crippen LogP contribution in [0.4, 0.5) is 0 Å². The molecule has 1 N–H and O–H groups in total. The molecule has 0 aliphatic rings. The summed E-state index contributed by atoms with van der Waals surface area (Å²) in [5, 5.41) is 4.98. The third-order valence-electron chi connectivity index (χ3n) is 4.03. The molecule has 0 unspecified atom stereocenters. The van der Waals surface area contributed by atoms with Crippen LogP contribution in [0.1, 0.15) is 16.7 Å². The van der Waals surface area contributed by atoms with E-state index in [1.54, 1.807) is 13.3 Å². The van der Waals surface area contributed by atoms with Crippen molar-refractivity contribution in [1.29, 1.82) is 0 Å². The fourth-order valence-corrected chi connectivity index (χ4v) is 3.08. The third-order valence-corrected chi connectivity index (χ3v) is 5.12. The van der Waals surface area contributed by atoms with Gasteiger partial charge in [0.15, 0.2) is 11.5 Å². The summed E-state index contributed by atoms with van der Waals surface area (Å²) in [7, 11) is 1.63. The highest BCUT2D eigenvalue weighted by Gasteiger charge is 2.06. The summed E-state index contributed by atoms with van der Waals surface area (Å²) in [6.07, 6.45) is 1.74. The Kier molecular flexibility index (Phi) is 7.56. The molecule has 0 aliphatic carbocycles. The van der Waals surface area contributed by atoms with Gasteiger partial charge in [-0.3, -0.25) is 0 Å². The van der Waals surface area contributed by atoms with Crippen molar-refractivity contribution in [2.24, 2.45) is 5.10 Å². The molecule has 3 rings (SSSR count). The van der Waals surface area contributed by atoms with Gasteiger partial charge in [-0.1, -0.05) is 41.9 Å². The van der Waals surface area contributed by atoms with Gasteiger partial charge in [0, 0.05) is 8.59 Å². The van der Waals surface area contributed by atoms with Gasteiger partial charge < -0.3 is 14.9 Å². The standard InChI is InChI=1S/C22H20ClIN2O2/c1-27-22-12-17(13-25-26-14-18-4-2-3-5-20(18)23)8-11-21(22)28-15-16-6-9-19(24)10-7-16/h2-13,26H,14-15H2,1H3/b25-13-. The molecule has 28 heavy (non-hydrogen) atoms. The Morgan fingerprint density at radius 1 is 1.04 bits per heavy atom. The fourth-order valence-electron chi connectivity index (χ4n) is 2.52. The molecule has 0 amide bonds. The molecule has 0 fully saturated rings. The predicted octanol–water partition coefficient (Wildman–Crippen LogP) is 5.66. The van der Waals surface area contributed by atoms with Crippen LogP contribution in [0.5, 0.6) is 11.5 Å². The van der Waals surface area contributed by atoms with Crippen LogP contribution in [0.2, 0.25) is 5.02 Å². The van der Waals surface area contributed by atoms with E-state index in [0.717, 1.165) is 21.7 Å². The largest absolute Gasteiger partial charge is 0.493 e. The summed E-state index contributed by atoms with van der Waals surface area (Å²) < 4.78 is 12.6. The van der Waals surface area contributed by atoms with Crippen LogP contribution in [0.3, 0.4) is 0 Å². The summed E-state index contributed by atoms with van der Waals surface area (Å²) in [6.45, 7) is 1.05. The molecule has 144 valence electrons. The second-order valence-corrected chi connectivity index (χ2v) is 7.66. The first-order valence-corrected chi connectivity index (χ1v) is 10.2. The lowest BCUT2D eigenvalue weighted by Gasteiger charge is -2.11. The highest BCUT2D eigenvalue weighted by Crippen LogP contribution is 2.28. The lowest BCUT2D eigenvalue weighted by molar-refractivity contribution is 0.284. The second kappa shape index (κ2) is 10.3. The van der Waals surface area contributed by atoms with E-state index in [1.165, 1.54) is 3.57 Å². The van der Waals surface area contributed by atoms with Crippen molar-refractivity contribution in [3.05, 3.63) is 92.0 Å². The van der Waals surface area contributed by atoms with Gasteiger partial charge in [0.1, 0.15) is 6.61 Å². The summed E-state index contributed by atoms with van der Waals surface area (Å²) in [5.41, 5.74) is 6.02. The average molecular weight is 507 g/mol. The van der Waals surface area contributed by atoms with Gasteiger partial charge in [0.05, 0.1) is 19.9 Å². The second-order valence-electron chi connectivity index (χ2n) is 6.01. The number of benzene rings is 3.